The molecular weight excluding hydrogens is 180 g/mol. The van der Waals surface area contributed by atoms with Crippen molar-refractivity contribution in [2.45, 2.75) is 27.7 Å². The molecule has 0 N–H and O–H groups in total. The Labute approximate surface area is 83.8 Å². The number of hydrogen-bond acceptors (Lipinski definition) is 2. The third-order valence-corrected chi connectivity index (χ3v) is 3.18. The van der Waals surface area contributed by atoms with E-state index < -0.39 is 0 Å². The maximum Gasteiger partial charge on any atom is 0.167 e. The van der Waals surface area contributed by atoms with Gasteiger partial charge in [-0.1, -0.05) is 27.7 Å². The van der Waals surface area contributed by atoms with Crippen molar-refractivity contribution in [2.75, 3.05) is 0 Å². The van der Waals surface area contributed by atoms with Crippen LogP contribution < -0.4 is 0 Å². The summed E-state index contributed by atoms with van der Waals surface area (Å²) in [6.45, 7) is 8.30. The van der Waals surface area contributed by atoms with Gasteiger partial charge >= 0.3 is 0 Å². The van der Waals surface area contributed by atoms with Crippen LogP contribution in [0.5, 0.6) is 0 Å². The van der Waals surface area contributed by atoms with Gasteiger partial charge in [0, 0.05) is 16.9 Å². The summed E-state index contributed by atoms with van der Waals surface area (Å²) in [4.78, 5) is 11.9. The fraction of sp³-hybridized carbons (Fsp3) is 0.545. The SMILES string of the molecule is CC(C(=O)c1ccsc1)C(C)(C)C. The second-order valence-electron chi connectivity index (χ2n) is 4.46. The highest BCUT2D eigenvalue weighted by Gasteiger charge is 2.27. The van der Waals surface area contributed by atoms with Crippen molar-refractivity contribution < 1.29 is 4.79 Å². The molecule has 0 amide bonds. The van der Waals surface area contributed by atoms with Gasteiger partial charge in [0.1, 0.15) is 0 Å². The van der Waals surface area contributed by atoms with Crippen LogP contribution in [0.15, 0.2) is 16.8 Å². The molecule has 0 radical (unpaired) electrons. The van der Waals surface area contributed by atoms with Crippen LogP contribution in [0.3, 0.4) is 0 Å². The maximum atomic E-state index is 11.9. The molecule has 0 bridgehead atoms. The number of ketones is 1. The highest BCUT2D eigenvalue weighted by atomic mass is 32.1. The molecule has 0 spiro atoms. The molecular formula is C11H16OS. The summed E-state index contributed by atoms with van der Waals surface area (Å²) in [6.07, 6.45) is 0. The summed E-state index contributed by atoms with van der Waals surface area (Å²) < 4.78 is 0. The van der Waals surface area contributed by atoms with E-state index in [4.69, 9.17) is 0 Å². The predicted molar refractivity (Wildman–Crippen MR) is 57.3 cm³/mol. The van der Waals surface area contributed by atoms with E-state index in [1.807, 2.05) is 23.8 Å². The smallest absolute Gasteiger partial charge is 0.167 e. The van der Waals surface area contributed by atoms with Crippen LogP contribution in [0.1, 0.15) is 38.1 Å². The molecule has 1 aromatic rings. The van der Waals surface area contributed by atoms with Gasteiger partial charge in [0.05, 0.1) is 0 Å². The highest BCUT2D eigenvalue weighted by Crippen LogP contribution is 2.28. The van der Waals surface area contributed by atoms with Gasteiger partial charge in [-0.2, -0.15) is 11.3 Å². The molecule has 0 fully saturated rings. The molecule has 1 nitrogen and oxygen atoms in total. The molecule has 1 atom stereocenters. The molecule has 1 unspecified atom stereocenters. The molecule has 72 valence electrons. The number of rotatable bonds is 2. The molecule has 0 aliphatic carbocycles. The Kier molecular flexibility index (Phi) is 2.91. The Morgan fingerprint density at radius 3 is 2.46 bits per heavy atom. The molecule has 1 aromatic heterocycles. The Balaban J connectivity index is 2.81. The Hall–Kier alpha value is -0.630. The second kappa shape index (κ2) is 3.62. The molecule has 0 aliphatic heterocycles. The zero-order chi connectivity index (χ0) is 10.1. The first-order valence-corrected chi connectivity index (χ1v) is 5.43. The number of carbonyl (C=O) groups is 1. The Morgan fingerprint density at radius 1 is 1.46 bits per heavy atom. The van der Waals surface area contributed by atoms with Crippen molar-refractivity contribution in [3.05, 3.63) is 22.4 Å². The van der Waals surface area contributed by atoms with E-state index in [9.17, 15) is 4.79 Å². The number of hydrogen-bond donors (Lipinski definition) is 0. The van der Waals surface area contributed by atoms with Gasteiger partial charge in [0.2, 0.25) is 0 Å². The van der Waals surface area contributed by atoms with E-state index in [1.54, 1.807) is 11.3 Å². The summed E-state index contributed by atoms with van der Waals surface area (Å²) in [5, 5.41) is 3.87. The second-order valence-corrected chi connectivity index (χ2v) is 5.24. The number of Topliss-reactive ketones (excluding diaryl/α,β-unsaturated/α-hetero) is 1. The lowest BCUT2D eigenvalue weighted by Crippen LogP contribution is -2.25. The lowest BCUT2D eigenvalue weighted by atomic mass is 9.78. The van der Waals surface area contributed by atoms with E-state index >= 15 is 0 Å². The quantitative estimate of drug-likeness (QED) is 0.660. The van der Waals surface area contributed by atoms with Crippen LogP contribution in [0, 0.1) is 11.3 Å². The molecule has 1 heterocycles. The van der Waals surface area contributed by atoms with Crippen LogP contribution in [0.25, 0.3) is 0 Å². The minimum absolute atomic E-state index is 0.0546. The average molecular weight is 196 g/mol. The van der Waals surface area contributed by atoms with Gasteiger partial charge in [-0.25, -0.2) is 0 Å². The predicted octanol–water partition coefficient (Wildman–Crippen LogP) is 3.61. The van der Waals surface area contributed by atoms with Crippen LogP contribution in [-0.4, -0.2) is 5.78 Å². The topological polar surface area (TPSA) is 17.1 Å². The van der Waals surface area contributed by atoms with Gasteiger partial charge in [-0.05, 0) is 16.9 Å². The van der Waals surface area contributed by atoms with Crippen LogP contribution in [-0.2, 0) is 0 Å². The fourth-order valence-electron chi connectivity index (χ4n) is 1.05. The minimum atomic E-state index is 0.0546. The van der Waals surface area contributed by atoms with Crippen molar-refractivity contribution in [3.63, 3.8) is 0 Å². The highest BCUT2D eigenvalue weighted by molar-refractivity contribution is 7.08. The standard InChI is InChI=1S/C11H16OS/c1-8(11(2,3)4)10(12)9-5-6-13-7-9/h5-8H,1-4H3. The van der Waals surface area contributed by atoms with Gasteiger partial charge in [0.15, 0.2) is 5.78 Å². The average Bonchev–Trinajstić information content (AvgIpc) is 2.51. The van der Waals surface area contributed by atoms with Crippen molar-refractivity contribution >= 4 is 17.1 Å². The maximum absolute atomic E-state index is 11.9. The summed E-state index contributed by atoms with van der Waals surface area (Å²) in [6, 6.07) is 1.90. The summed E-state index contributed by atoms with van der Waals surface area (Å²) >= 11 is 1.58. The van der Waals surface area contributed by atoms with Crippen LogP contribution in [0.2, 0.25) is 0 Å². The van der Waals surface area contributed by atoms with E-state index in [0.29, 0.717) is 0 Å². The molecule has 0 saturated carbocycles. The summed E-state index contributed by atoms with van der Waals surface area (Å²) in [5.74, 6) is 0.343. The first-order valence-electron chi connectivity index (χ1n) is 4.49. The molecule has 13 heavy (non-hydrogen) atoms. The van der Waals surface area contributed by atoms with Crippen molar-refractivity contribution in [2.24, 2.45) is 11.3 Å². The third-order valence-electron chi connectivity index (χ3n) is 2.50. The fourth-order valence-corrected chi connectivity index (χ4v) is 1.69. The van der Waals surface area contributed by atoms with Gasteiger partial charge < -0.3 is 0 Å². The summed E-state index contributed by atoms with van der Waals surface area (Å²) in [5.41, 5.74) is 0.909. The Bertz CT molecular complexity index is 280. The van der Waals surface area contributed by atoms with E-state index in [-0.39, 0.29) is 17.1 Å². The van der Waals surface area contributed by atoms with E-state index in [0.717, 1.165) is 5.56 Å². The monoisotopic (exact) mass is 196 g/mol. The van der Waals surface area contributed by atoms with Crippen LogP contribution in [0.4, 0.5) is 0 Å². The number of carbonyl (C=O) groups excluding carboxylic acids is 1. The zero-order valence-corrected chi connectivity index (χ0v) is 9.44. The van der Waals surface area contributed by atoms with Crippen molar-refractivity contribution in [3.8, 4) is 0 Å². The first kappa shape index (κ1) is 10.5. The van der Waals surface area contributed by atoms with E-state index in [1.165, 1.54) is 0 Å². The van der Waals surface area contributed by atoms with Gasteiger partial charge in [0.25, 0.3) is 0 Å². The lowest BCUT2D eigenvalue weighted by molar-refractivity contribution is 0.0840. The molecule has 2 heteroatoms. The largest absolute Gasteiger partial charge is 0.294 e. The van der Waals surface area contributed by atoms with E-state index in [2.05, 4.69) is 20.8 Å². The molecule has 0 aromatic carbocycles. The third kappa shape index (κ3) is 2.41. The van der Waals surface area contributed by atoms with Gasteiger partial charge in [-0.15, -0.1) is 0 Å². The molecule has 0 aliphatic rings. The molecule has 1 rings (SSSR count). The van der Waals surface area contributed by atoms with Crippen molar-refractivity contribution in [1.82, 2.24) is 0 Å². The molecule has 0 saturated heterocycles. The normalized spacial score (nSPS) is 14.2. The number of thiophene rings is 1. The van der Waals surface area contributed by atoms with Gasteiger partial charge in [-0.3, -0.25) is 4.79 Å². The zero-order valence-electron chi connectivity index (χ0n) is 8.63. The minimum Gasteiger partial charge on any atom is -0.294 e. The van der Waals surface area contributed by atoms with Crippen LogP contribution >= 0.6 is 11.3 Å². The lowest BCUT2D eigenvalue weighted by Gasteiger charge is -2.25. The first-order chi connectivity index (χ1) is 5.93. The van der Waals surface area contributed by atoms with Crippen molar-refractivity contribution in [1.29, 1.82) is 0 Å². The summed E-state index contributed by atoms with van der Waals surface area (Å²) in [7, 11) is 0. The Morgan fingerprint density at radius 2 is 2.08 bits per heavy atom.